The molecule has 1 N–H and O–H groups in total. The van der Waals surface area contributed by atoms with Crippen LogP contribution in [0.2, 0.25) is 0 Å². The highest BCUT2D eigenvalue weighted by atomic mass is 16.7. The normalized spacial score (nSPS) is 19.3. The molecule has 0 unspecified atom stereocenters. The number of ether oxygens (including phenoxy) is 4. The lowest BCUT2D eigenvalue weighted by atomic mass is 9.88. The van der Waals surface area contributed by atoms with Gasteiger partial charge in [-0.05, 0) is 50.1 Å². The number of hydrogen-bond acceptors (Lipinski definition) is 6. The number of nitrogens with one attached hydrogen (secondary N) is 1. The maximum absolute atomic E-state index is 13.5. The van der Waals surface area contributed by atoms with Gasteiger partial charge in [-0.15, -0.1) is 0 Å². The summed E-state index contributed by atoms with van der Waals surface area (Å²) in [6.07, 6.45) is -0.281. The summed E-state index contributed by atoms with van der Waals surface area (Å²) in [7, 11) is 1.33. The quantitative estimate of drug-likeness (QED) is 0.585. The number of esters is 1. The first-order valence-electron chi connectivity index (χ1n) is 10.8. The van der Waals surface area contributed by atoms with Crippen LogP contribution in [0, 0.1) is 0 Å². The average Bonchev–Trinajstić information content (AvgIpc) is 3.39. The summed E-state index contributed by atoms with van der Waals surface area (Å²) in [6, 6.07) is 12.0. The van der Waals surface area contributed by atoms with Gasteiger partial charge in [0.2, 0.25) is 6.79 Å². The summed E-state index contributed by atoms with van der Waals surface area (Å²) < 4.78 is 21.9. The summed E-state index contributed by atoms with van der Waals surface area (Å²) in [5.74, 6) is 0.733. The summed E-state index contributed by atoms with van der Waals surface area (Å²) in [6.45, 7) is 5.53. The van der Waals surface area contributed by atoms with Gasteiger partial charge >= 0.3 is 12.1 Å². The molecule has 0 bridgehead atoms. The van der Waals surface area contributed by atoms with Crippen LogP contribution in [0.3, 0.4) is 0 Å². The molecule has 3 heterocycles. The largest absolute Gasteiger partial charge is 0.467 e. The Hall–Kier alpha value is -3.68. The summed E-state index contributed by atoms with van der Waals surface area (Å²) >= 11 is 0. The van der Waals surface area contributed by atoms with Gasteiger partial charge in [0.15, 0.2) is 11.5 Å². The van der Waals surface area contributed by atoms with E-state index in [1.807, 2.05) is 42.5 Å². The summed E-state index contributed by atoms with van der Waals surface area (Å²) in [5, 5.41) is 1.01. The maximum Gasteiger partial charge on any atom is 0.411 e. The second-order valence-corrected chi connectivity index (χ2v) is 9.21. The molecule has 2 aliphatic heterocycles. The van der Waals surface area contributed by atoms with Gasteiger partial charge in [-0.2, -0.15) is 0 Å². The fraction of sp³-hybridized carbons (Fsp3) is 0.360. The van der Waals surface area contributed by atoms with Gasteiger partial charge in [-0.25, -0.2) is 9.59 Å². The van der Waals surface area contributed by atoms with E-state index < -0.39 is 29.7 Å². The van der Waals surface area contributed by atoms with E-state index in [9.17, 15) is 9.59 Å². The van der Waals surface area contributed by atoms with Gasteiger partial charge < -0.3 is 23.9 Å². The molecule has 5 rings (SSSR count). The molecule has 0 saturated heterocycles. The van der Waals surface area contributed by atoms with E-state index in [0.29, 0.717) is 17.9 Å². The third kappa shape index (κ3) is 3.65. The lowest BCUT2D eigenvalue weighted by Gasteiger charge is -2.41. The molecule has 33 heavy (non-hydrogen) atoms. The Morgan fingerprint density at radius 1 is 1.09 bits per heavy atom. The SMILES string of the molecule is COC(=O)[C@H]1Cc2c([nH]c3ccccc23)[C@@H](c2ccc3c(c2)OCO3)N1C(=O)OC(C)(C)C. The van der Waals surface area contributed by atoms with Crippen molar-refractivity contribution in [2.75, 3.05) is 13.9 Å². The first-order valence-corrected chi connectivity index (χ1v) is 10.8. The number of fused-ring (bicyclic) bond motifs is 4. The Balaban J connectivity index is 1.72. The van der Waals surface area contributed by atoms with Gasteiger partial charge in [-0.1, -0.05) is 24.3 Å². The zero-order valence-electron chi connectivity index (χ0n) is 19.0. The van der Waals surface area contributed by atoms with Crippen LogP contribution in [0.4, 0.5) is 4.79 Å². The topological polar surface area (TPSA) is 90.1 Å². The van der Waals surface area contributed by atoms with Crippen LogP contribution in [0.15, 0.2) is 42.5 Å². The minimum Gasteiger partial charge on any atom is -0.467 e. The number of hydrogen-bond donors (Lipinski definition) is 1. The first-order chi connectivity index (χ1) is 15.8. The molecule has 172 valence electrons. The summed E-state index contributed by atoms with van der Waals surface area (Å²) in [4.78, 5) is 31.4. The number of amides is 1. The van der Waals surface area contributed by atoms with Crippen molar-refractivity contribution in [3.8, 4) is 11.5 Å². The third-order valence-corrected chi connectivity index (χ3v) is 5.92. The fourth-order valence-corrected chi connectivity index (χ4v) is 4.58. The molecule has 8 heteroatoms. The van der Waals surface area contributed by atoms with E-state index in [-0.39, 0.29) is 6.79 Å². The summed E-state index contributed by atoms with van der Waals surface area (Å²) in [5.41, 5.74) is 2.77. The van der Waals surface area contributed by atoms with Gasteiger partial charge in [0.1, 0.15) is 17.7 Å². The molecule has 0 spiro atoms. The molecule has 2 atom stereocenters. The van der Waals surface area contributed by atoms with Crippen LogP contribution in [-0.2, 0) is 20.7 Å². The van der Waals surface area contributed by atoms with E-state index in [1.54, 1.807) is 20.8 Å². The van der Waals surface area contributed by atoms with Crippen LogP contribution in [0.5, 0.6) is 11.5 Å². The van der Waals surface area contributed by atoms with Crippen molar-refractivity contribution < 1.29 is 28.5 Å². The van der Waals surface area contributed by atoms with Crippen molar-refractivity contribution in [3.05, 3.63) is 59.3 Å². The number of benzene rings is 2. The molecular weight excluding hydrogens is 424 g/mol. The van der Waals surface area contributed by atoms with E-state index in [4.69, 9.17) is 18.9 Å². The maximum atomic E-state index is 13.5. The monoisotopic (exact) mass is 450 g/mol. The molecule has 1 amide bonds. The number of para-hydroxylation sites is 1. The number of H-pyrrole nitrogens is 1. The van der Waals surface area contributed by atoms with E-state index in [1.165, 1.54) is 12.0 Å². The number of rotatable bonds is 2. The second-order valence-electron chi connectivity index (χ2n) is 9.21. The van der Waals surface area contributed by atoms with Crippen molar-refractivity contribution in [2.24, 2.45) is 0 Å². The van der Waals surface area contributed by atoms with Gasteiger partial charge in [0.05, 0.1) is 7.11 Å². The van der Waals surface area contributed by atoms with Gasteiger partial charge in [-0.3, -0.25) is 4.90 Å². The van der Waals surface area contributed by atoms with Crippen molar-refractivity contribution >= 4 is 23.0 Å². The second kappa shape index (κ2) is 7.72. The molecule has 0 aliphatic carbocycles. The lowest BCUT2D eigenvalue weighted by molar-refractivity contribution is -0.148. The van der Waals surface area contributed by atoms with Crippen LogP contribution >= 0.6 is 0 Å². The predicted octanol–water partition coefficient (Wildman–Crippen LogP) is 4.32. The molecule has 8 nitrogen and oxygen atoms in total. The number of aromatic amines is 1. The standard InChI is InChI=1S/C25H26N2O6/c1-25(2,3)33-24(29)27-18(23(28)30-4)12-16-15-7-5-6-8-17(15)26-21(16)22(27)14-9-10-19-20(11-14)32-13-31-19/h5-11,18,22,26H,12-13H2,1-4H3/t18-,22-/m1/s1. The van der Waals surface area contributed by atoms with Crippen molar-refractivity contribution in [1.82, 2.24) is 9.88 Å². The highest BCUT2D eigenvalue weighted by Crippen LogP contribution is 2.44. The van der Waals surface area contributed by atoms with Crippen molar-refractivity contribution in [1.29, 1.82) is 0 Å². The zero-order chi connectivity index (χ0) is 23.3. The fourth-order valence-electron chi connectivity index (χ4n) is 4.58. The molecular formula is C25H26N2O6. The molecule has 0 saturated carbocycles. The van der Waals surface area contributed by atoms with E-state index in [0.717, 1.165) is 27.7 Å². The van der Waals surface area contributed by atoms with Gasteiger partial charge in [0, 0.05) is 23.0 Å². The Kier molecular flexibility index (Phi) is 4.96. The van der Waals surface area contributed by atoms with Crippen LogP contribution in [0.25, 0.3) is 10.9 Å². The first kappa shape index (κ1) is 21.2. The molecule has 3 aromatic rings. The molecule has 0 radical (unpaired) electrons. The lowest BCUT2D eigenvalue weighted by Crippen LogP contribution is -2.53. The average molecular weight is 450 g/mol. The minimum absolute atomic E-state index is 0.141. The van der Waals surface area contributed by atoms with Crippen LogP contribution < -0.4 is 9.47 Å². The molecule has 1 aromatic heterocycles. The molecule has 2 aliphatic rings. The number of methoxy groups -OCH3 is 1. The Labute approximate surface area is 191 Å². The predicted molar refractivity (Wildman–Crippen MR) is 120 cm³/mol. The van der Waals surface area contributed by atoms with Crippen molar-refractivity contribution in [2.45, 2.75) is 44.9 Å². The van der Waals surface area contributed by atoms with Gasteiger partial charge in [0.25, 0.3) is 0 Å². The number of carbonyl (C=O) groups is 2. The van der Waals surface area contributed by atoms with Crippen LogP contribution in [-0.4, -0.2) is 47.5 Å². The van der Waals surface area contributed by atoms with Crippen LogP contribution in [0.1, 0.15) is 43.6 Å². The minimum atomic E-state index is -0.855. The highest BCUT2D eigenvalue weighted by molar-refractivity contribution is 5.89. The Morgan fingerprint density at radius 2 is 1.85 bits per heavy atom. The number of aromatic nitrogens is 1. The number of carbonyl (C=O) groups excluding carboxylic acids is 2. The Morgan fingerprint density at radius 3 is 2.61 bits per heavy atom. The van der Waals surface area contributed by atoms with E-state index in [2.05, 4.69) is 4.98 Å². The Bertz CT molecular complexity index is 1240. The molecule has 2 aromatic carbocycles. The van der Waals surface area contributed by atoms with Crippen molar-refractivity contribution in [3.63, 3.8) is 0 Å². The smallest absolute Gasteiger partial charge is 0.411 e. The number of nitrogens with zero attached hydrogens (tertiary/aromatic N) is 1. The third-order valence-electron chi connectivity index (χ3n) is 5.92. The van der Waals surface area contributed by atoms with E-state index >= 15 is 0 Å². The highest BCUT2D eigenvalue weighted by Gasteiger charge is 2.46. The zero-order valence-corrected chi connectivity index (χ0v) is 19.0. The molecule has 0 fully saturated rings.